The van der Waals surface area contributed by atoms with Crippen LogP contribution in [0.3, 0.4) is 0 Å². The predicted molar refractivity (Wildman–Crippen MR) is 123 cm³/mol. The monoisotopic (exact) mass is 422 g/mol. The number of likely N-dealkylation sites (tertiary alicyclic amines) is 1. The van der Waals surface area contributed by atoms with Gasteiger partial charge in [0.05, 0.1) is 0 Å². The number of pyridine rings is 1. The quantitative estimate of drug-likeness (QED) is 0.751. The molecule has 1 amide bonds. The van der Waals surface area contributed by atoms with Crippen molar-refractivity contribution in [1.29, 1.82) is 0 Å². The fourth-order valence-corrected chi connectivity index (χ4v) is 4.87. The van der Waals surface area contributed by atoms with Crippen LogP contribution in [0.4, 0.5) is 0 Å². The van der Waals surface area contributed by atoms with E-state index in [0.717, 1.165) is 57.5 Å². The summed E-state index contributed by atoms with van der Waals surface area (Å²) in [5.41, 5.74) is 3.59. The van der Waals surface area contributed by atoms with Crippen molar-refractivity contribution >= 4 is 5.91 Å². The molecule has 1 aromatic carbocycles. The molecule has 6 nitrogen and oxygen atoms in total. The van der Waals surface area contributed by atoms with Gasteiger partial charge in [-0.15, -0.1) is 0 Å². The standard InChI is InChI=1S/C25H34N4O2/c1-18-5-3-4-6-21(18)17-28-13-10-20(16-28)15-27-24(30)23-19(2)9-14-29(25(23)31)22-7-11-26-12-8-22/h3-6,9,14,20,22,26H,7-8,10-13,15-17H2,1-2H3,(H,27,30). The Kier molecular flexibility index (Phi) is 6.88. The van der Waals surface area contributed by atoms with Crippen molar-refractivity contribution in [3.63, 3.8) is 0 Å². The largest absolute Gasteiger partial charge is 0.352 e. The van der Waals surface area contributed by atoms with Crippen LogP contribution in [-0.2, 0) is 6.54 Å². The van der Waals surface area contributed by atoms with Crippen LogP contribution in [0.2, 0.25) is 0 Å². The molecule has 0 aliphatic carbocycles. The van der Waals surface area contributed by atoms with Gasteiger partial charge in [0.15, 0.2) is 0 Å². The summed E-state index contributed by atoms with van der Waals surface area (Å²) >= 11 is 0. The van der Waals surface area contributed by atoms with Crippen LogP contribution in [0.1, 0.15) is 52.4 Å². The third kappa shape index (κ3) is 5.08. The lowest BCUT2D eigenvalue weighted by molar-refractivity contribution is 0.0944. The topological polar surface area (TPSA) is 66.4 Å². The molecule has 2 saturated heterocycles. The second kappa shape index (κ2) is 9.79. The number of carbonyl (C=O) groups is 1. The number of amides is 1. The van der Waals surface area contributed by atoms with E-state index in [2.05, 4.69) is 46.7 Å². The Balaban J connectivity index is 1.36. The van der Waals surface area contributed by atoms with Gasteiger partial charge in [-0.1, -0.05) is 24.3 Å². The van der Waals surface area contributed by atoms with E-state index in [1.54, 1.807) is 4.57 Å². The Labute approximate surface area is 184 Å². The molecular weight excluding hydrogens is 388 g/mol. The van der Waals surface area contributed by atoms with Gasteiger partial charge in [0, 0.05) is 31.9 Å². The average Bonchev–Trinajstić information content (AvgIpc) is 3.22. The minimum Gasteiger partial charge on any atom is -0.352 e. The first-order valence-electron chi connectivity index (χ1n) is 11.5. The van der Waals surface area contributed by atoms with Gasteiger partial charge in [-0.25, -0.2) is 0 Å². The molecule has 2 fully saturated rings. The second-order valence-electron chi connectivity index (χ2n) is 9.09. The van der Waals surface area contributed by atoms with Crippen LogP contribution in [-0.4, -0.2) is 48.1 Å². The molecular formula is C25H34N4O2. The number of aryl methyl sites for hydroxylation is 2. The van der Waals surface area contributed by atoms with Crippen LogP contribution in [0.5, 0.6) is 0 Å². The first-order chi connectivity index (χ1) is 15.0. The predicted octanol–water partition coefficient (Wildman–Crippen LogP) is 2.64. The van der Waals surface area contributed by atoms with Crippen LogP contribution in [0, 0.1) is 19.8 Å². The van der Waals surface area contributed by atoms with Crippen molar-refractivity contribution in [2.45, 2.75) is 45.7 Å². The number of nitrogens with one attached hydrogen (secondary N) is 2. The summed E-state index contributed by atoms with van der Waals surface area (Å²) in [5.74, 6) is 0.187. The zero-order chi connectivity index (χ0) is 21.8. The van der Waals surface area contributed by atoms with Crippen molar-refractivity contribution in [2.75, 3.05) is 32.7 Å². The Hall–Kier alpha value is -2.44. The number of hydrogen-bond donors (Lipinski definition) is 2. The molecule has 2 aromatic rings. The summed E-state index contributed by atoms with van der Waals surface area (Å²) in [4.78, 5) is 28.5. The van der Waals surface area contributed by atoms with Gasteiger partial charge in [-0.3, -0.25) is 14.5 Å². The maximum absolute atomic E-state index is 13.1. The summed E-state index contributed by atoms with van der Waals surface area (Å²) in [6.45, 7) is 9.41. The first kappa shape index (κ1) is 21.8. The fraction of sp³-hybridized carbons (Fsp3) is 0.520. The van der Waals surface area contributed by atoms with Gasteiger partial charge < -0.3 is 15.2 Å². The summed E-state index contributed by atoms with van der Waals surface area (Å²) in [7, 11) is 0. The third-order valence-electron chi connectivity index (χ3n) is 6.83. The van der Waals surface area contributed by atoms with Gasteiger partial charge >= 0.3 is 0 Å². The van der Waals surface area contributed by atoms with Crippen LogP contribution in [0.15, 0.2) is 41.3 Å². The van der Waals surface area contributed by atoms with Crippen molar-refractivity contribution in [3.8, 4) is 0 Å². The Morgan fingerprint density at radius 1 is 1.10 bits per heavy atom. The Morgan fingerprint density at radius 2 is 1.87 bits per heavy atom. The number of piperidine rings is 1. The molecule has 6 heteroatoms. The van der Waals surface area contributed by atoms with Crippen molar-refractivity contribution in [1.82, 2.24) is 20.1 Å². The van der Waals surface area contributed by atoms with E-state index in [1.165, 1.54) is 11.1 Å². The van der Waals surface area contributed by atoms with Crippen molar-refractivity contribution in [3.05, 3.63) is 69.1 Å². The molecule has 0 bridgehead atoms. The molecule has 1 aromatic heterocycles. The molecule has 2 N–H and O–H groups in total. The highest BCUT2D eigenvalue weighted by atomic mass is 16.2. The molecule has 166 valence electrons. The van der Waals surface area contributed by atoms with Crippen LogP contribution >= 0.6 is 0 Å². The highest BCUT2D eigenvalue weighted by molar-refractivity contribution is 5.95. The number of aromatic nitrogens is 1. The van der Waals surface area contributed by atoms with Gasteiger partial charge in [0.2, 0.25) is 0 Å². The van der Waals surface area contributed by atoms with E-state index >= 15 is 0 Å². The fourth-order valence-electron chi connectivity index (χ4n) is 4.87. The van der Waals surface area contributed by atoms with Gasteiger partial charge in [-0.2, -0.15) is 0 Å². The first-order valence-corrected chi connectivity index (χ1v) is 11.5. The zero-order valence-electron chi connectivity index (χ0n) is 18.7. The van der Waals surface area contributed by atoms with Crippen LogP contribution in [0.25, 0.3) is 0 Å². The van der Waals surface area contributed by atoms with E-state index in [4.69, 9.17) is 0 Å². The highest BCUT2D eigenvalue weighted by Gasteiger charge is 2.25. The molecule has 0 spiro atoms. The highest BCUT2D eigenvalue weighted by Crippen LogP contribution is 2.20. The number of rotatable bonds is 6. The smallest absolute Gasteiger partial charge is 0.263 e. The number of nitrogens with zero attached hydrogens (tertiary/aromatic N) is 2. The van der Waals surface area contributed by atoms with Gasteiger partial charge in [0.25, 0.3) is 11.5 Å². The minimum absolute atomic E-state index is 0.156. The molecule has 2 aliphatic heterocycles. The number of benzene rings is 1. The summed E-state index contributed by atoms with van der Waals surface area (Å²) < 4.78 is 1.77. The number of hydrogen-bond acceptors (Lipinski definition) is 4. The lowest BCUT2D eigenvalue weighted by Crippen LogP contribution is -2.39. The lowest BCUT2D eigenvalue weighted by Gasteiger charge is -2.25. The molecule has 4 rings (SSSR count). The number of carbonyl (C=O) groups excluding carboxylic acids is 1. The molecule has 1 atom stereocenters. The van der Waals surface area contributed by atoms with Crippen molar-refractivity contribution < 1.29 is 4.79 Å². The van der Waals surface area contributed by atoms with E-state index in [-0.39, 0.29) is 17.5 Å². The molecule has 0 radical (unpaired) electrons. The molecule has 2 aliphatic rings. The average molecular weight is 423 g/mol. The van der Waals surface area contributed by atoms with E-state index in [9.17, 15) is 9.59 Å². The van der Waals surface area contributed by atoms with E-state index in [1.807, 2.05) is 19.2 Å². The Bertz CT molecular complexity index is 978. The van der Waals surface area contributed by atoms with Crippen LogP contribution < -0.4 is 16.2 Å². The maximum Gasteiger partial charge on any atom is 0.263 e. The summed E-state index contributed by atoms with van der Waals surface area (Å²) in [5, 5.41) is 6.38. The second-order valence-corrected chi connectivity index (χ2v) is 9.09. The molecule has 31 heavy (non-hydrogen) atoms. The minimum atomic E-state index is -0.233. The molecule has 3 heterocycles. The summed E-state index contributed by atoms with van der Waals surface area (Å²) in [6, 6.07) is 10.6. The summed E-state index contributed by atoms with van der Waals surface area (Å²) in [6.07, 6.45) is 4.76. The van der Waals surface area contributed by atoms with Gasteiger partial charge in [-0.05, 0) is 81.4 Å². The van der Waals surface area contributed by atoms with E-state index in [0.29, 0.717) is 18.0 Å². The molecule has 0 saturated carbocycles. The maximum atomic E-state index is 13.1. The zero-order valence-corrected chi connectivity index (χ0v) is 18.7. The normalized spacial score (nSPS) is 20.1. The van der Waals surface area contributed by atoms with Crippen molar-refractivity contribution in [2.24, 2.45) is 5.92 Å². The molecule has 1 unspecified atom stereocenters. The lowest BCUT2D eigenvalue weighted by atomic mass is 10.0. The SMILES string of the molecule is Cc1ccccc1CN1CCC(CNC(=O)c2c(C)ccn(C3CCNCC3)c2=O)C1. The van der Waals surface area contributed by atoms with Gasteiger partial charge in [0.1, 0.15) is 5.56 Å². The van der Waals surface area contributed by atoms with E-state index < -0.39 is 0 Å². The Morgan fingerprint density at radius 3 is 2.65 bits per heavy atom. The third-order valence-corrected chi connectivity index (χ3v) is 6.83.